The molecular weight excluding hydrogens is 420 g/mol. The Bertz CT molecular complexity index is 1590. The summed E-state index contributed by atoms with van der Waals surface area (Å²) >= 11 is 0. The lowest BCUT2D eigenvalue weighted by Gasteiger charge is -2.20. The molecule has 0 amide bonds. The average Bonchev–Trinajstić information content (AvgIpc) is 3.48. The predicted molar refractivity (Wildman–Crippen MR) is 147 cm³/mol. The summed E-state index contributed by atoms with van der Waals surface area (Å²) in [6, 6.07) is 38.4. The standard InChI is InChI=1S/C35H28/c1-2-24-16-18-30-28-14-8-6-12-25(28)21-32(30)34(24)31-19-17-27(20-23-10-4-3-5-11-23)35-29-15-9-7-13-26(29)22-33(31)35/h3-19H,2,20-22H2,1H3. The summed E-state index contributed by atoms with van der Waals surface area (Å²) in [6.45, 7) is 2.30. The molecule has 0 heterocycles. The zero-order valence-corrected chi connectivity index (χ0v) is 20.1. The first-order valence-electron chi connectivity index (χ1n) is 12.8. The van der Waals surface area contributed by atoms with Gasteiger partial charge in [0, 0.05) is 0 Å². The van der Waals surface area contributed by atoms with E-state index < -0.39 is 0 Å². The quantitative estimate of drug-likeness (QED) is 0.253. The molecule has 35 heavy (non-hydrogen) atoms. The van der Waals surface area contributed by atoms with Gasteiger partial charge in [0.1, 0.15) is 0 Å². The van der Waals surface area contributed by atoms with Gasteiger partial charge in [-0.2, -0.15) is 0 Å². The van der Waals surface area contributed by atoms with E-state index in [2.05, 4.69) is 110 Å². The zero-order chi connectivity index (χ0) is 23.4. The van der Waals surface area contributed by atoms with E-state index in [1.165, 1.54) is 72.3 Å². The molecule has 0 heteroatoms. The summed E-state index contributed by atoms with van der Waals surface area (Å²) in [4.78, 5) is 0. The normalized spacial score (nSPS) is 12.7. The summed E-state index contributed by atoms with van der Waals surface area (Å²) < 4.78 is 0. The highest BCUT2D eigenvalue weighted by Crippen LogP contribution is 2.49. The molecule has 0 aliphatic heterocycles. The lowest BCUT2D eigenvalue weighted by molar-refractivity contribution is 1.12. The van der Waals surface area contributed by atoms with Gasteiger partial charge in [-0.3, -0.25) is 0 Å². The molecule has 7 rings (SSSR count). The van der Waals surface area contributed by atoms with Crippen LogP contribution in [-0.4, -0.2) is 0 Å². The third-order valence-electron chi connectivity index (χ3n) is 8.01. The number of fused-ring (bicyclic) bond motifs is 6. The molecule has 0 atom stereocenters. The summed E-state index contributed by atoms with van der Waals surface area (Å²) in [6.07, 6.45) is 4.06. The molecular formula is C35H28. The summed E-state index contributed by atoms with van der Waals surface area (Å²) in [7, 11) is 0. The van der Waals surface area contributed by atoms with Crippen molar-refractivity contribution < 1.29 is 0 Å². The van der Waals surface area contributed by atoms with Crippen molar-refractivity contribution >= 4 is 0 Å². The topological polar surface area (TPSA) is 0 Å². The fourth-order valence-electron chi connectivity index (χ4n) is 6.41. The summed E-state index contributed by atoms with van der Waals surface area (Å²) in [5.41, 5.74) is 18.9. The molecule has 0 nitrogen and oxygen atoms in total. The number of benzene rings is 5. The fraction of sp³-hybridized carbons (Fsp3) is 0.143. The van der Waals surface area contributed by atoms with Crippen LogP contribution in [0.1, 0.15) is 45.9 Å². The van der Waals surface area contributed by atoms with Crippen LogP contribution >= 0.6 is 0 Å². The molecule has 0 radical (unpaired) electrons. The smallest absolute Gasteiger partial charge is 0.000718 e. The van der Waals surface area contributed by atoms with Gasteiger partial charge in [0.25, 0.3) is 0 Å². The number of rotatable bonds is 4. The molecule has 0 unspecified atom stereocenters. The maximum atomic E-state index is 2.43. The van der Waals surface area contributed by atoms with Crippen molar-refractivity contribution in [2.45, 2.75) is 32.6 Å². The van der Waals surface area contributed by atoms with E-state index in [0.29, 0.717) is 0 Å². The van der Waals surface area contributed by atoms with Crippen LogP contribution in [-0.2, 0) is 25.7 Å². The van der Waals surface area contributed by atoms with E-state index in [9.17, 15) is 0 Å². The Morgan fingerprint density at radius 1 is 0.486 bits per heavy atom. The van der Waals surface area contributed by atoms with Crippen molar-refractivity contribution in [3.8, 4) is 33.4 Å². The minimum Gasteiger partial charge on any atom is -0.0622 e. The van der Waals surface area contributed by atoms with Crippen molar-refractivity contribution in [3.05, 3.63) is 142 Å². The third-order valence-corrected chi connectivity index (χ3v) is 8.01. The molecule has 5 aromatic rings. The largest absolute Gasteiger partial charge is 0.0622 e. The second-order valence-electron chi connectivity index (χ2n) is 9.94. The Morgan fingerprint density at radius 3 is 1.83 bits per heavy atom. The number of aryl methyl sites for hydroxylation is 1. The number of hydrogen-bond acceptors (Lipinski definition) is 0. The van der Waals surface area contributed by atoms with Crippen LogP contribution in [0.5, 0.6) is 0 Å². The van der Waals surface area contributed by atoms with Crippen molar-refractivity contribution in [1.82, 2.24) is 0 Å². The van der Waals surface area contributed by atoms with E-state index in [1.54, 1.807) is 0 Å². The van der Waals surface area contributed by atoms with E-state index in [-0.39, 0.29) is 0 Å². The van der Waals surface area contributed by atoms with Gasteiger partial charge in [-0.05, 0) is 98.0 Å². The molecule has 168 valence electrons. The van der Waals surface area contributed by atoms with Crippen LogP contribution in [0.15, 0.2) is 103 Å². The molecule has 5 aromatic carbocycles. The van der Waals surface area contributed by atoms with Gasteiger partial charge in [0.05, 0.1) is 0 Å². The van der Waals surface area contributed by atoms with Gasteiger partial charge >= 0.3 is 0 Å². The molecule has 0 bridgehead atoms. The van der Waals surface area contributed by atoms with Gasteiger partial charge < -0.3 is 0 Å². The fourth-order valence-corrected chi connectivity index (χ4v) is 6.41. The first kappa shape index (κ1) is 20.5. The minimum absolute atomic E-state index is 0.969. The van der Waals surface area contributed by atoms with Crippen molar-refractivity contribution in [1.29, 1.82) is 0 Å². The van der Waals surface area contributed by atoms with Crippen LogP contribution in [0.25, 0.3) is 33.4 Å². The van der Waals surface area contributed by atoms with Gasteiger partial charge in [0.15, 0.2) is 0 Å². The molecule has 0 fully saturated rings. The maximum absolute atomic E-state index is 2.43. The minimum atomic E-state index is 0.969. The maximum Gasteiger partial charge on any atom is -0.000718 e. The van der Waals surface area contributed by atoms with Crippen molar-refractivity contribution in [2.24, 2.45) is 0 Å². The van der Waals surface area contributed by atoms with Crippen molar-refractivity contribution in [3.63, 3.8) is 0 Å². The highest BCUT2D eigenvalue weighted by atomic mass is 14.3. The lowest BCUT2D eigenvalue weighted by atomic mass is 9.84. The average molecular weight is 449 g/mol. The Kier molecular flexibility index (Phi) is 4.74. The lowest BCUT2D eigenvalue weighted by Crippen LogP contribution is -2.00. The Labute approximate surface area is 207 Å². The van der Waals surface area contributed by atoms with Gasteiger partial charge in [-0.25, -0.2) is 0 Å². The molecule has 0 saturated heterocycles. The van der Waals surface area contributed by atoms with E-state index in [0.717, 1.165) is 25.7 Å². The second-order valence-corrected chi connectivity index (χ2v) is 9.94. The van der Waals surface area contributed by atoms with E-state index in [1.807, 2.05) is 0 Å². The summed E-state index contributed by atoms with van der Waals surface area (Å²) in [5.74, 6) is 0. The van der Waals surface area contributed by atoms with Gasteiger partial charge in [-0.15, -0.1) is 0 Å². The predicted octanol–water partition coefficient (Wildman–Crippen LogP) is 8.65. The highest BCUT2D eigenvalue weighted by molar-refractivity contribution is 5.92. The van der Waals surface area contributed by atoms with Crippen LogP contribution in [0.2, 0.25) is 0 Å². The third kappa shape index (κ3) is 3.21. The van der Waals surface area contributed by atoms with E-state index in [4.69, 9.17) is 0 Å². The monoisotopic (exact) mass is 448 g/mol. The molecule has 0 saturated carbocycles. The first-order valence-corrected chi connectivity index (χ1v) is 12.8. The Hall–Kier alpha value is -3.90. The second kappa shape index (κ2) is 8.10. The Balaban J connectivity index is 1.46. The number of hydrogen-bond donors (Lipinski definition) is 0. The van der Waals surface area contributed by atoms with Crippen LogP contribution in [0.3, 0.4) is 0 Å². The first-order chi connectivity index (χ1) is 17.3. The molecule has 2 aliphatic rings. The SMILES string of the molecule is CCc1ccc2c(c1-c1ccc(Cc3ccccc3)c3c1Cc1ccccc1-3)Cc1ccccc1-2. The van der Waals surface area contributed by atoms with Gasteiger partial charge in [0.2, 0.25) is 0 Å². The highest BCUT2D eigenvalue weighted by Gasteiger charge is 2.29. The van der Waals surface area contributed by atoms with Crippen LogP contribution in [0, 0.1) is 0 Å². The summed E-state index contributed by atoms with van der Waals surface area (Å²) in [5, 5.41) is 0. The van der Waals surface area contributed by atoms with Crippen LogP contribution < -0.4 is 0 Å². The molecule has 0 spiro atoms. The van der Waals surface area contributed by atoms with Crippen molar-refractivity contribution in [2.75, 3.05) is 0 Å². The molecule has 0 aromatic heterocycles. The molecule has 2 aliphatic carbocycles. The molecule has 0 N–H and O–H groups in total. The van der Waals surface area contributed by atoms with E-state index >= 15 is 0 Å². The Morgan fingerprint density at radius 2 is 1.06 bits per heavy atom. The van der Waals surface area contributed by atoms with Crippen LogP contribution in [0.4, 0.5) is 0 Å². The van der Waals surface area contributed by atoms with Gasteiger partial charge in [-0.1, -0.05) is 110 Å². The zero-order valence-electron chi connectivity index (χ0n) is 20.1.